The summed E-state index contributed by atoms with van der Waals surface area (Å²) < 4.78 is 5.57. The van der Waals surface area contributed by atoms with Crippen molar-refractivity contribution in [2.24, 2.45) is 5.73 Å². The van der Waals surface area contributed by atoms with Crippen LogP contribution in [0.25, 0.3) is 0 Å². The third-order valence-electron chi connectivity index (χ3n) is 4.14. The predicted octanol–water partition coefficient (Wildman–Crippen LogP) is 2.24. The number of hydrogen-bond donors (Lipinski definition) is 1. The van der Waals surface area contributed by atoms with E-state index in [1.54, 1.807) is 0 Å². The normalized spacial score (nSPS) is 26.7. The molecule has 1 amide bonds. The summed E-state index contributed by atoms with van der Waals surface area (Å²) >= 11 is 0. The van der Waals surface area contributed by atoms with Crippen molar-refractivity contribution < 1.29 is 9.53 Å². The number of benzene rings is 1. The Morgan fingerprint density at radius 2 is 2.15 bits per heavy atom. The van der Waals surface area contributed by atoms with Crippen molar-refractivity contribution in [1.82, 2.24) is 4.90 Å². The standard InChI is InChI=1S/C16H22N2O2/c1-2-20-13-5-3-4-11(10-13)16-14(17)8-9-15(19)18(16)12-6-7-12/h3-5,10,12,14,16H,2,6-9,17H2,1H3. The van der Waals surface area contributed by atoms with Gasteiger partial charge in [0.15, 0.2) is 0 Å². The Balaban J connectivity index is 1.91. The summed E-state index contributed by atoms with van der Waals surface area (Å²) in [6.07, 6.45) is 3.57. The number of hydrogen-bond acceptors (Lipinski definition) is 3. The van der Waals surface area contributed by atoms with Crippen LogP contribution in [0, 0.1) is 0 Å². The van der Waals surface area contributed by atoms with Crippen molar-refractivity contribution in [1.29, 1.82) is 0 Å². The van der Waals surface area contributed by atoms with Crippen molar-refractivity contribution in [3.8, 4) is 5.75 Å². The number of piperidine rings is 1. The fraction of sp³-hybridized carbons (Fsp3) is 0.562. The molecule has 20 heavy (non-hydrogen) atoms. The first kappa shape index (κ1) is 13.4. The van der Waals surface area contributed by atoms with Crippen molar-refractivity contribution in [3.63, 3.8) is 0 Å². The van der Waals surface area contributed by atoms with Crippen LogP contribution in [0.1, 0.15) is 44.2 Å². The van der Waals surface area contributed by atoms with Gasteiger partial charge in [-0.05, 0) is 43.9 Å². The van der Waals surface area contributed by atoms with Gasteiger partial charge in [0.25, 0.3) is 0 Å². The molecular formula is C16H22N2O2. The summed E-state index contributed by atoms with van der Waals surface area (Å²) in [7, 11) is 0. The summed E-state index contributed by atoms with van der Waals surface area (Å²) in [5.74, 6) is 1.10. The Hall–Kier alpha value is -1.55. The number of amides is 1. The average molecular weight is 274 g/mol. The van der Waals surface area contributed by atoms with Gasteiger partial charge in [0.05, 0.1) is 12.6 Å². The molecule has 2 N–H and O–H groups in total. The molecule has 1 aliphatic heterocycles. The van der Waals surface area contributed by atoms with Crippen molar-refractivity contribution in [2.75, 3.05) is 6.61 Å². The van der Waals surface area contributed by atoms with Gasteiger partial charge in [-0.3, -0.25) is 4.79 Å². The molecule has 2 unspecified atom stereocenters. The van der Waals surface area contributed by atoms with Crippen LogP contribution in [0.5, 0.6) is 5.75 Å². The van der Waals surface area contributed by atoms with Crippen LogP contribution in [0.3, 0.4) is 0 Å². The molecule has 2 fully saturated rings. The molecule has 4 nitrogen and oxygen atoms in total. The first-order valence-corrected chi connectivity index (χ1v) is 7.50. The Bertz CT molecular complexity index is 499. The lowest BCUT2D eigenvalue weighted by Gasteiger charge is -2.40. The Morgan fingerprint density at radius 3 is 2.85 bits per heavy atom. The molecule has 2 aliphatic rings. The van der Waals surface area contributed by atoms with Crippen LogP contribution in [0.15, 0.2) is 24.3 Å². The molecule has 1 heterocycles. The predicted molar refractivity (Wildman–Crippen MR) is 77.4 cm³/mol. The summed E-state index contributed by atoms with van der Waals surface area (Å²) in [4.78, 5) is 14.3. The number of nitrogens with two attached hydrogens (primary N) is 1. The van der Waals surface area contributed by atoms with Crippen molar-refractivity contribution in [2.45, 2.75) is 50.7 Å². The summed E-state index contributed by atoms with van der Waals surface area (Å²) in [5.41, 5.74) is 7.42. The first-order chi connectivity index (χ1) is 9.70. The molecule has 2 atom stereocenters. The van der Waals surface area contributed by atoms with Gasteiger partial charge in [0.2, 0.25) is 5.91 Å². The number of rotatable bonds is 4. The maximum absolute atomic E-state index is 12.3. The third-order valence-corrected chi connectivity index (χ3v) is 4.14. The second kappa shape index (κ2) is 5.44. The van der Waals surface area contributed by atoms with Crippen LogP contribution in [-0.4, -0.2) is 29.5 Å². The number of carbonyl (C=O) groups excluding carboxylic acids is 1. The van der Waals surface area contributed by atoms with Crippen LogP contribution in [-0.2, 0) is 4.79 Å². The molecule has 0 radical (unpaired) electrons. The highest BCUT2D eigenvalue weighted by Gasteiger charge is 2.43. The molecule has 1 aromatic rings. The molecule has 1 aromatic carbocycles. The maximum atomic E-state index is 12.3. The van der Waals surface area contributed by atoms with Crippen LogP contribution < -0.4 is 10.5 Å². The highest BCUT2D eigenvalue weighted by molar-refractivity contribution is 5.78. The van der Waals surface area contributed by atoms with Gasteiger partial charge >= 0.3 is 0 Å². The molecule has 0 spiro atoms. The van der Waals surface area contributed by atoms with Crippen LogP contribution in [0.4, 0.5) is 0 Å². The number of likely N-dealkylation sites (tertiary alicyclic amines) is 1. The number of nitrogens with zero attached hydrogens (tertiary/aromatic N) is 1. The monoisotopic (exact) mass is 274 g/mol. The second-order valence-electron chi connectivity index (χ2n) is 5.69. The summed E-state index contributed by atoms with van der Waals surface area (Å²) in [6.45, 7) is 2.62. The van der Waals surface area contributed by atoms with E-state index in [4.69, 9.17) is 10.5 Å². The SMILES string of the molecule is CCOc1cccc(C2C(N)CCC(=O)N2C2CC2)c1. The highest BCUT2D eigenvalue weighted by Crippen LogP contribution is 2.40. The van der Waals surface area contributed by atoms with Gasteiger partial charge in [-0.25, -0.2) is 0 Å². The van der Waals surface area contributed by atoms with Gasteiger partial charge in [-0.1, -0.05) is 12.1 Å². The molecule has 3 rings (SSSR count). The molecule has 1 aliphatic carbocycles. The zero-order valence-corrected chi connectivity index (χ0v) is 11.9. The zero-order chi connectivity index (χ0) is 14.1. The van der Waals surface area contributed by atoms with E-state index in [1.165, 1.54) is 0 Å². The third kappa shape index (κ3) is 2.52. The minimum atomic E-state index is 0.00385. The minimum Gasteiger partial charge on any atom is -0.494 e. The quantitative estimate of drug-likeness (QED) is 0.916. The number of ether oxygens (including phenoxy) is 1. The Morgan fingerprint density at radius 1 is 1.35 bits per heavy atom. The molecule has 1 saturated carbocycles. The zero-order valence-electron chi connectivity index (χ0n) is 11.9. The van der Waals surface area contributed by atoms with Gasteiger partial charge in [0, 0.05) is 18.5 Å². The fourth-order valence-electron chi connectivity index (χ4n) is 3.08. The smallest absolute Gasteiger partial charge is 0.223 e. The minimum absolute atomic E-state index is 0.00385. The van der Waals surface area contributed by atoms with E-state index >= 15 is 0 Å². The first-order valence-electron chi connectivity index (χ1n) is 7.50. The largest absolute Gasteiger partial charge is 0.494 e. The van der Waals surface area contributed by atoms with Gasteiger partial charge in [0.1, 0.15) is 5.75 Å². The van der Waals surface area contributed by atoms with Crippen LogP contribution in [0.2, 0.25) is 0 Å². The molecule has 108 valence electrons. The van der Waals surface area contributed by atoms with E-state index in [1.807, 2.05) is 30.0 Å². The topological polar surface area (TPSA) is 55.6 Å². The Kier molecular flexibility index (Phi) is 3.66. The summed E-state index contributed by atoms with van der Waals surface area (Å²) in [6, 6.07) is 8.44. The summed E-state index contributed by atoms with van der Waals surface area (Å²) in [5, 5.41) is 0. The van der Waals surface area contributed by atoms with Crippen molar-refractivity contribution >= 4 is 5.91 Å². The second-order valence-corrected chi connectivity index (χ2v) is 5.69. The van der Waals surface area contributed by atoms with E-state index in [0.29, 0.717) is 19.1 Å². The van der Waals surface area contributed by atoms with Crippen LogP contribution >= 0.6 is 0 Å². The van der Waals surface area contributed by atoms with E-state index in [9.17, 15) is 4.79 Å². The maximum Gasteiger partial charge on any atom is 0.223 e. The van der Waals surface area contributed by atoms with Gasteiger partial charge in [-0.15, -0.1) is 0 Å². The lowest BCUT2D eigenvalue weighted by Crippen LogP contribution is -2.49. The molecule has 4 heteroatoms. The van der Waals surface area contributed by atoms with E-state index in [2.05, 4.69) is 6.07 Å². The lowest BCUT2D eigenvalue weighted by molar-refractivity contribution is -0.138. The molecule has 0 bridgehead atoms. The van der Waals surface area contributed by atoms with E-state index in [-0.39, 0.29) is 18.0 Å². The molecule has 1 saturated heterocycles. The average Bonchev–Trinajstić information content (AvgIpc) is 3.26. The lowest BCUT2D eigenvalue weighted by atomic mass is 9.90. The highest BCUT2D eigenvalue weighted by atomic mass is 16.5. The van der Waals surface area contributed by atoms with Crippen molar-refractivity contribution in [3.05, 3.63) is 29.8 Å². The number of carbonyl (C=O) groups is 1. The molecule has 0 aromatic heterocycles. The van der Waals surface area contributed by atoms with E-state index in [0.717, 1.165) is 30.6 Å². The van der Waals surface area contributed by atoms with Gasteiger partial charge < -0.3 is 15.4 Å². The van der Waals surface area contributed by atoms with E-state index < -0.39 is 0 Å². The van der Waals surface area contributed by atoms with Gasteiger partial charge in [-0.2, -0.15) is 0 Å². The fourth-order valence-corrected chi connectivity index (χ4v) is 3.08. The Labute approximate surface area is 119 Å². The molecular weight excluding hydrogens is 252 g/mol.